The highest BCUT2D eigenvalue weighted by molar-refractivity contribution is 9.10. The van der Waals surface area contributed by atoms with Crippen molar-refractivity contribution in [3.63, 3.8) is 0 Å². The van der Waals surface area contributed by atoms with Crippen molar-refractivity contribution in [2.75, 3.05) is 6.54 Å². The molecule has 0 aliphatic rings. The standard InChI is InChI=1S/C8H11BrN2OS/c1-5(4-10)11-8(12)7-6(9)2-3-13-7/h2-3,5H,4,10H2,1H3,(H,11,12)/t5-/m0/s1. The lowest BCUT2D eigenvalue weighted by atomic mass is 10.3. The smallest absolute Gasteiger partial charge is 0.262 e. The molecule has 1 aromatic heterocycles. The van der Waals surface area contributed by atoms with Crippen LogP contribution in [0.15, 0.2) is 15.9 Å². The van der Waals surface area contributed by atoms with E-state index in [0.29, 0.717) is 11.4 Å². The number of thiophene rings is 1. The second-order valence-corrected chi connectivity index (χ2v) is 4.48. The zero-order valence-electron chi connectivity index (χ0n) is 7.21. The van der Waals surface area contributed by atoms with Gasteiger partial charge in [-0.05, 0) is 34.3 Å². The van der Waals surface area contributed by atoms with Gasteiger partial charge in [0.15, 0.2) is 0 Å². The summed E-state index contributed by atoms with van der Waals surface area (Å²) in [5, 5.41) is 4.66. The van der Waals surface area contributed by atoms with Crippen LogP contribution in [0.4, 0.5) is 0 Å². The van der Waals surface area contributed by atoms with E-state index in [-0.39, 0.29) is 11.9 Å². The van der Waals surface area contributed by atoms with E-state index in [4.69, 9.17) is 5.73 Å². The maximum Gasteiger partial charge on any atom is 0.262 e. The number of carbonyl (C=O) groups is 1. The second-order valence-electron chi connectivity index (χ2n) is 2.71. The number of hydrogen-bond donors (Lipinski definition) is 2. The number of amides is 1. The average molecular weight is 263 g/mol. The molecule has 0 saturated carbocycles. The Hall–Kier alpha value is -0.390. The van der Waals surface area contributed by atoms with Gasteiger partial charge in [0.1, 0.15) is 4.88 Å². The summed E-state index contributed by atoms with van der Waals surface area (Å²) in [7, 11) is 0. The summed E-state index contributed by atoms with van der Waals surface area (Å²) in [5.74, 6) is -0.0696. The van der Waals surface area contributed by atoms with E-state index in [1.165, 1.54) is 11.3 Å². The maximum absolute atomic E-state index is 11.5. The van der Waals surface area contributed by atoms with Crippen molar-refractivity contribution < 1.29 is 4.79 Å². The maximum atomic E-state index is 11.5. The average Bonchev–Trinajstić information content (AvgIpc) is 2.51. The molecule has 72 valence electrons. The molecule has 0 bridgehead atoms. The van der Waals surface area contributed by atoms with Gasteiger partial charge in [-0.3, -0.25) is 4.79 Å². The molecule has 1 amide bonds. The molecule has 1 heterocycles. The fourth-order valence-electron chi connectivity index (χ4n) is 0.804. The van der Waals surface area contributed by atoms with E-state index in [1.54, 1.807) is 0 Å². The summed E-state index contributed by atoms with van der Waals surface area (Å²) in [5.41, 5.74) is 5.39. The molecule has 0 saturated heterocycles. The van der Waals surface area contributed by atoms with Crippen LogP contribution in [-0.2, 0) is 0 Å². The van der Waals surface area contributed by atoms with Crippen LogP contribution in [0, 0.1) is 0 Å². The van der Waals surface area contributed by atoms with E-state index >= 15 is 0 Å². The van der Waals surface area contributed by atoms with Gasteiger partial charge in [-0.25, -0.2) is 0 Å². The fraction of sp³-hybridized carbons (Fsp3) is 0.375. The summed E-state index contributed by atoms with van der Waals surface area (Å²) in [6.45, 7) is 2.33. The highest BCUT2D eigenvalue weighted by atomic mass is 79.9. The molecule has 0 radical (unpaired) electrons. The number of nitrogens with one attached hydrogen (secondary N) is 1. The lowest BCUT2D eigenvalue weighted by molar-refractivity contribution is 0.0944. The molecule has 0 aliphatic heterocycles. The number of halogens is 1. The monoisotopic (exact) mass is 262 g/mol. The van der Waals surface area contributed by atoms with Gasteiger partial charge in [0, 0.05) is 17.1 Å². The Kier molecular flexibility index (Phi) is 3.90. The summed E-state index contributed by atoms with van der Waals surface area (Å²) < 4.78 is 0.833. The fourth-order valence-corrected chi connectivity index (χ4v) is 2.26. The molecule has 0 spiro atoms. The molecule has 1 aromatic rings. The lowest BCUT2D eigenvalue weighted by Crippen LogP contribution is -2.37. The molecule has 0 aliphatic carbocycles. The van der Waals surface area contributed by atoms with Gasteiger partial charge in [0.25, 0.3) is 5.91 Å². The molecule has 0 fully saturated rings. The number of hydrogen-bond acceptors (Lipinski definition) is 3. The van der Waals surface area contributed by atoms with Crippen molar-refractivity contribution in [3.8, 4) is 0 Å². The van der Waals surface area contributed by atoms with Crippen LogP contribution in [0.25, 0.3) is 0 Å². The van der Waals surface area contributed by atoms with Crippen LogP contribution in [0.5, 0.6) is 0 Å². The van der Waals surface area contributed by atoms with E-state index in [9.17, 15) is 4.79 Å². The predicted molar refractivity (Wildman–Crippen MR) is 58.0 cm³/mol. The third kappa shape index (κ3) is 2.79. The Bertz CT molecular complexity index is 300. The normalized spacial score (nSPS) is 12.5. The van der Waals surface area contributed by atoms with Crippen LogP contribution >= 0.6 is 27.3 Å². The first-order valence-corrected chi connectivity index (χ1v) is 5.56. The molecule has 5 heteroatoms. The van der Waals surface area contributed by atoms with E-state index in [0.717, 1.165) is 4.47 Å². The molecular formula is C8H11BrN2OS. The Morgan fingerprint density at radius 2 is 2.54 bits per heavy atom. The Balaban J connectivity index is 2.64. The minimum absolute atomic E-state index is 0.0153. The SMILES string of the molecule is C[C@@H](CN)NC(=O)c1sccc1Br. The number of nitrogens with two attached hydrogens (primary N) is 1. The molecule has 13 heavy (non-hydrogen) atoms. The molecule has 1 rings (SSSR count). The van der Waals surface area contributed by atoms with Crippen LogP contribution in [0.1, 0.15) is 16.6 Å². The van der Waals surface area contributed by atoms with Gasteiger partial charge in [0.05, 0.1) is 0 Å². The summed E-state index contributed by atoms with van der Waals surface area (Å²) in [6.07, 6.45) is 0. The Labute approximate surface area is 89.5 Å². The van der Waals surface area contributed by atoms with Gasteiger partial charge < -0.3 is 11.1 Å². The largest absolute Gasteiger partial charge is 0.348 e. The molecule has 0 unspecified atom stereocenters. The summed E-state index contributed by atoms with van der Waals surface area (Å²) in [4.78, 5) is 12.2. The quantitative estimate of drug-likeness (QED) is 0.870. The van der Waals surface area contributed by atoms with E-state index in [1.807, 2.05) is 18.4 Å². The van der Waals surface area contributed by atoms with Gasteiger partial charge in [-0.2, -0.15) is 0 Å². The van der Waals surface area contributed by atoms with Gasteiger partial charge >= 0.3 is 0 Å². The van der Waals surface area contributed by atoms with E-state index in [2.05, 4.69) is 21.2 Å². The summed E-state index contributed by atoms with van der Waals surface area (Å²) >= 11 is 4.71. The Morgan fingerprint density at radius 1 is 1.85 bits per heavy atom. The van der Waals surface area contributed by atoms with Crippen molar-refractivity contribution >= 4 is 33.2 Å². The highest BCUT2D eigenvalue weighted by Crippen LogP contribution is 2.22. The van der Waals surface area contributed by atoms with Crippen LogP contribution in [0.2, 0.25) is 0 Å². The number of carbonyl (C=O) groups excluding carboxylic acids is 1. The van der Waals surface area contributed by atoms with E-state index < -0.39 is 0 Å². The highest BCUT2D eigenvalue weighted by Gasteiger charge is 2.12. The lowest BCUT2D eigenvalue weighted by Gasteiger charge is -2.09. The Morgan fingerprint density at radius 3 is 3.00 bits per heavy atom. The van der Waals surface area contributed by atoms with Gasteiger partial charge in [-0.15, -0.1) is 11.3 Å². The van der Waals surface area contributed by atoms with Gasteiger partial charge in [0.2, 0.25) is 0 Å². The first-order valence-electron chi connectivity index (χ1n) is 3.89. The minimum atomic E-state index is -0.0696. The van der Waals surface area contributed by atoms with Crippen molar-refractivity contribution in [1.82, 2.24) is 5.32 Å². The molecule has 3 N–H and O–H groups in total. The van der Waals surface area contributed by atoms with Crippen LogP contribution in [0.3, 0.4) is 0 Å². The first kappa shape index (κ1) is 10.7. The zero-order chi connectivity index (χ0) is 9.84. The van der Waals surface area contributed by atoms with Crippen molar-refractivity contribution in [3.05, 3.63) is 20.8 Å². The van der Waals surface area contributed by atoms with Crippen molar-refractivity contribution in [1.29, 1.82) is 0 Å². The molecule has 1 atom stereocenters. The second kappa shape index (κ2) is 4.74. The van der Waals surface area contributed by atoms with Crippen molar-refractivity contribution in [2.45, 2.75) is 13.0 Å². The molecular weight excluding hydrogens is 252 g/mol. The summed E-state index contributed by atoms with van der Waals surface area (Å²) in [6, 6.07) is 1.87. The molecule has 3 nitrogen and oxygen atoms in total. The third-order valence-electron chi connectivity index (χ3n) is 1.55. The van der Waals surface area contributed by atoms with Gasteiger partial charge in [-0.1, -0.05) is 0 Å². The topological polar surface area (TPSA) is 55.1 Å². The first-order chi connectivity index (χ1) is 6.15. The zero-order valence-corrected chi connectivity index (χ0v) is 9.61. The van der Waals surface area contributed by atoms with Crippen LogP contribution in [-0.4, -0.2) is 18.5 Å². The van der Waals surface area contributed by atoms with Crippen molar-refractivity contribution in [2.24, 2.45) is 5.73 Å². The van der Waals surface area contributed by atoms with Crippen LogP contribution < -0.4 is 11.1 Å². The third-order valence-corrected chi connectivity index (χ3v) is 3.39. The minimum Gasteiger partial charge on any atom is -0.348 e. The molecule has 0 aromatic carbocycles. The number of rotatable bonds is 3. The predicted octanol–water partition coefficient (Wildman–Crippen LogP) is 1.59.